The molecular formula is C13H25N3O2S. The highest BCUT2D eigenvalue weighted by Crippen LogP contribution is 2.36. The summed E-state index contributed by atoms with van der Waals surface area (Å²) in [5.74, 6) is 0.576. The van der Waals surface area contributed by atoms with Gasteiger partial charge in [-0.05, 0) is 45.1 Å². The van der Waals surface area contributed by atoms with Crippen LogP contribution in [0.15, 0.2) is 0 Å². The normalized spacial score (nSPS) is 31.6. The van der Waals surface area contributed by atoms with E-state index in [9.17, 15) is 8.42 Å². The number of nitrogens with zero attached hydrogens (tertiary/aromatic N) is 3. The van der Waals surface area contributed by atoms with Gasteiger partial charge < -0.3 is 0 Å². The minimum Gasteiger partial charge on any atom is -0.298 e. The summed E-state index contributed by atoms with van der Waals surface area (Å²) in [6.45, 7) is 5.42. The lowest BCUT2D eigenvalue weighted by molar-refractivity contribution is 0.151. The maximum atomic E-state index is 12.7. The van der Waals surface area contributed by atoms with Crippen molar-refractivity contribution >= 4 is 10.2 Å². The molecule has 19 heavy (non-hydrogen) atoms. The molecule has 2 atom stereocenters. The lowest BCUT2D eigenvalue weighted by Gasteiger charge is -2.39. The lowest BCUT2D eigenvalue weighted by atomic mass is 10.2. The zero-order chi connectivity index (χ0) is 13.6. The fourth-order valence-electron chi connectivity index (χ4n) is 3.44. The Balaban J connectivity index is 1.69. The fourth-order valence-corrected chi connectivity index (χ4v) is 5.07. The molecule has 0 aromatic rings. The van der Waals surface area contributed by atoms with Gasteiger partial charge in [-0.15, -0.1) is 0 Å². The first kappa shape index (κ1) is 13.8. The molecule has 0 spiro atoms. The summed E-state index contributed by atoms with van der Waals surface area (Å²) in [5.41, 5.74) is 0. The SMILES string of the molecule is C[C@H](C1CC1)N(C)S(=O)(=O)N1CCN2CCC[C@H]2C1. The van der Waals surface area contributed by atoms with Crippen LogP contribution in [0.25, 0.3) is 0 Å². The molecule has 2 aliphatic heterocycles. The van der Waals surface area contributed by atoms with Gasteiger partial charge in [-0.2, -0.15) is 17.0 Å². The molecule has 1 saturated carbocycles. The van der Waals surface area contributed by atoms with Gasteiger partial charge in [-0.25, -0.2) is 0 Å². The summed E-state index contributed by atoms with van der Waals surface area (Å²) in [6.07, 6.45) is 4.72. The number of piperazine rings is 1. The van der Waals surface area contributed by atoms with Gasteiger partial charge in [0.15, 0.2) is 0 Å². The Labute approximate surface area is 116 Å². The summed E-state index contributed by atoms with van der Waals surface area (Å²) >= 11 is 0. The second-order valence-electron chi connectivity index (χ2n) is 6.29. The minimum atomic E-state index is -3.26. The van der Waals surface area contributed by atoms with Crippen molar-refractivity contribution in [3.63, 3.8) is 0 Å². The van der Waals surface area contributed by atoms with Crippen LogP contribution < -0.4 is 0 Å². The third kappa shape index (κ3) is 2.55. The third-order valence-corrected chi connectivity index (χ3v) is 7.16. The van der Waals surface area contributed by atoms with Gasteiger partial charge in [0.25, 0.3) is 10.2 Å². The van der Waals surface area contributed by atoms with Crippen LogP contribution in [0.2, 0.25) is 0 Å². The molecule has 0 aromatic heterocycles. The zero-order valence-corrected chi connectivity index (χ0v) is 12.8. The maximum Gasteiger partial charge on any atom is 0.282 e. The van der Waals surface area contributed by atoms with E-state index in [1.54, 1.807) is 15.7 Å². The second-order valence-corrected chi connectivity index (χ2v) is 8.28. The molecule has 110 valence electrons. The van der Waals surface area contributed by atoms with E-state index >= 15 is 0 Å². The fraction of sp³-hybridized carbons (Fsp3) is 1.00. The molecule has 1 aliphatic carbocycles. The monoisotopic (exact) mass is 287 g/mol. The molecule has 0 N–H and O–H groups in total. The quantitative estimate of drug-likeness (QED) is 0.766. The molecular weight excluding hydrogens is 262 g/mol. The molecule has 2 saturated heterocycles. The molecule has 3 aliphatic rings. The van der Waals surface area contributed by atoms with Crippen LogP contribution in [-0.2, 0) is 10.2 Å². The van der Waals surface area contributed by atoms with E-state index in [4.69, 9.17) is 0 Å². The molecule has 0 unspecified atom stereocenters. The first-order chi connectivity index (χ1) is 9.00. The van der Waals surface area contributed by atoms with E-state index in [1.807, 2.05) is 6.92 Å². The van der Waals surface area contributed by atoms with Crippen LogP contribution in [0.3, 0.4) is 0 Å². The molecule has 5 nitrogen and oxygen atoms in total. The molecule has 0 aromatic carbocycles. The van der Waals surface area contributed by atoms with E-state index in [0.717, 1.165) is 19.5 Å². The number of fused-ring (bicyclic) bond motifs is 1. The number of rotatable bonds is 4. The largest absolute Gasteiger partial charge is 0.298 e. The minimum absolute atomic E-state index is 0.145. The van der Waals surface area contributed by atoms with Crippen molar-refractivity contribution in [2.24, 2.45) is 5.92 Å². The zero-order valence-electron chi connectivity index (χ0n) is 12.0. The van der Waals surface area contributed by atoms with Crippen molar-refractivity contribution in [2.75, 3.05) is 33.2 Å². The van der Waals surface area contributed by atoms with Gasteiger partial charge in [-0.1, -0.05) is 0 Å². The van der Waals surface area contributed by atoms with Crippen molar-refractivity contribution in [1.29, 1.82) is 0 Å². The van der Waals surface area contributed by atoms with Gasteiger partial charge in [0.05, 0.1) is 0 Å². The van der Waals surface area contributed by atoms with Crippen LogP contribution in [-0.4, -0.2) is 67.2 Å². The summed E-state index contributed by atoms with van der Waals surface area (Å²) in [7, 11) is -1.52. The molecule has 0 bridgehead atoms. The molecule has 3 rings (SSSR count). The van der Waals surface area contributed by atoms with Gasteiger partial charge in [0, 0.05) is 38.8 Å². The maximum absolute atomic E-state index is 12.7. The van der Waals surface area contributed by atoms with Crippen LogP contribution in [0.1, 0.15) is 32.6 Å². The average Bonchev–Trinajstić information content (AvgIpc) is 3.14. The Morgan fingerprint density at radius 2 is 1.89 bits per heavy atom. The summed E-state index contributed by atoms with van der Waals surface area (Å²) in [6, 6.07) is 0.597. The van der Waals surface area contributed by atoms with E-state index in [-0.39, 0.29) is 6.04 Å². The molecule has 2 heterocycles. The van der Waals surface area contributed by atoms with E-state index in [2.05, 4.69) is 4.90 Å². The first-order valence-corrected chi connectivity index (χ1v) is 8.87. The van der Waals surface area contributed by atoms with Crippen LogP contribution in [0.4, 0.5) is 0 Å². The highest BCUT2D eigenvalue weighted by molar-refractivity contribution is 7.86. The van der Waals surface area contributed by atoms with Gasteiger partial charge in [0.2, 0.25) is 0 Å². The predicted molar refractivity (Wildman–Crippen MR) is 75.0 cm³/mol. The van der Waals surface area contributed by atoms with Crippen molar-refractivity contribution in [2.45, 2.75) is 44.7 Å². The Kier molecular flexibility index (Phi) is 3.62. The molecule has 0 radical (unpaired) electrons. The van der Waals surface area contributed by atoms with E-state index in [0.29, 0.717) is 25.0 Å². The standard InChI is InChI=1S/C13H25N3O2S/c1-11(12-5-6-12)14(2)19(17,18)16-9-8-15-7-3-4-13(15)10-16/h11-13H,3-10H2,1-2H3/t11-,13+/m1/s1. The van der Waals surface area contributed by atoms with Crippen LogP contribution in [0, 0.1) is 5.92 Å². The Bertz CT molecular complexity index is 435. The molecule has 0 amide bonds. The number of hydrogen-bond acceptors (Lipinski definition) is 3. The smallest absolute Gasteiger partial charge is 0.282 e. The summed E-state index contributed by atoms with van der Waals surface area (Å²) in [5, 5.41) is 0. The van der Waals surface area contributed by atoms with E-state index in [1.165, 1.54) is 19.3 Å². The second kappa shape index (κ2) is 4.98. The van der Waals surface area contributed by atoms with Crippen LogP contribution in [0.5, 0.6) is 0 Å². The van der Waals surface area contributed by atoms with Crippen molar-refractivity contribution < 1.29 is 8.42 Å². The number of hydrogen-bond donors (Lipinski definition) is 0. The Hall–Kier alpha value is -0.170. The third-order valence-electron chi connectivity index (χ3n) is 5.12. The van der Waals surface area contributed by atoms with Gasteiger partial charge in [0.1, 0.15) is 0 Å². The van der Waals surface area contributed by atoms with Crippen LogP contribution >= 0.6 is 0 Å². The van der Waals surface area contributed by atoms with Crippen molar-refractivity contribution in [3.05, 3.63) is 0 Å². The predicted octanol–water partition coefficient (Wildman–Crippen LogP) is 0.742. The van der Waals surface area contributed by atoms with Crippen molar-refractivity contribution in [3.8, 4) is 0 Å². The summed E-state index contributed by atoms with van der Waals surface area (Å²) < 4.78 is 28.7. The van der Waals surface area contributed by atoms with Gasteiger partial charge >= 0.3 is 0 Å². The average molecular weight is 287 g/mol. The van der Waals surface area contributed by atoms with E-state index < -0.39 is 10.2 Å². The lowest BCUT2D eigenvalue weighted by Crippen LogP contribution is -2.56. The van der Waals surface area contributed by atoms with Gasteiger partial charge in [-0.3, -0.25) is 4.90 Å². The highest BCUT2D eigenvalue weighted by atomic mass is 32.2. The van der Waals surface area contributed by atoms with Crippen molar-refractivity contribution in [1.82, 2.24) is 13.5 Å². The topological polar surface area (TPSA) is 43.9 Å². The highest BCUT2D eigenvalue weighted by Gasteiger charge is 2.41. The first-order valence-electron chi connectivity index (χ1n) is 7.47. The summed E-state index contributed by atoms with van der Waals surface area (Å²) in [4.78, 5) is 2.44. The molecule has 3 fully saturated rings. The molecule has 6 heteroatoms. The Morgan fingerprint density at radius 3 is 2.58 bits per heavy atom. The Morgan fingerprint density at radius 1 is 1.16 bits per heavy atom.